The van der Waals surface area contributed by atoms with Crippen molar-refractivity contribution in [2.24, 2.45) is 0 Å². The smallest absolute Gasteiger partial charge is 0.325 e. The van der Waals surface area contributed by atoms with Gasteiger partial charge < -0.3 is 15.2 Å². The van der Waals surface area contributed by atoms with Crippen LogP contribution in [-0.2, 0) is 22.6 Å². The lowest BCUT2D eigenvalue weighted by molar-refractivity contribution is -0.139. The highest BCUT2D eigenvalue weighted by Crippen LogP contribution is 2.26. The second-order valence-corrected chi connectivity index (χ2v) is 3.89. The number of hydrogen-bond acceptors (Lipinski definition) is 3. The van der Waals surface area contributed by atoms with E-state index in [-0.39, 0.29) is 0 Å². The summed E-state index contributed by atoms with van der Waals surface area (Å²) in [7, 11) is 1.65. The molecule has 1 aliphatic heterocycles. The van der Waals surface area contributed by atoms with Crippen LogP contribution in [0.4, 0.5) is 0 Å². The molecule has 0 saturated heterocycles. The maximum absolute atomic E-state index is 11.1. The van der Waals surface area contributed by atoms with E-state index in [1.54, 1.807) is 7.11 Å². The van der Waals surface area contributed by atoms with Crippen molar-refractivity contribution >= 4 is 5.97 Å². The molecule has 2 N–H and O–H groups in total. The summed E-state index contributed by atoms with van der Waals surface area (Å²) in [4.78, 5) is 11.1. The molecule has 1 heterocycles. The fourth-order valence-corrected chi connectivity index (χ4v) is 2.19. The molecule has 86 valence electrons. The number of methoxy groups -OCH3 is 1. The minimum atomic E-state index is -0.824. The zero-order valence-electron chi connectivity index (χ0n) is 9.19. The molecule has 4 nitrogen and oxygen atoms in total. The lowest BCUT2D eigenvalue weighted by Crippen LogP contribution is -2.35. The Morgan fingerprint density at radius 1 is 1.62 bits per heavy atom. The first kappa shape index (κ1) is 11.1. The fraction of sp³-hybridized carbons (Fsp3) is 0.417. The molecule has 0 saturated carbocycles. The topological polar surface area (TPSA) is 58.6 Å². The van der Waals surface area contributed by atoms with Crippen molar-refractivity contribution in [3.63, 3.8) is 0 Å². The van der Waals surface area contributed by atoms with Gasteiger partial charge in [0.2, 0.25) is 0 Å². The quantitative estimate of drug-likeness (QED) is 0.802. The average molecular weight is 221 g/mol. The molecule has 0 fully saturated rings. The Morgan fingerprint density at radius 2 is 2.44 bits per heavy atom. The molecule has 0 radical (unpaired) electrons. The summed E-state index contributed by atoms with van der Waals surface area (Å²) in [6, 6.07) is 5.17. The molecule has 0 spiro atoms. The van der Waals surface area contributed by atoms with E-state index in [9.17, 15) is 4.79 Å². The van der Waals surface area contributed by atoms with Crippen LogP contribution in [-0.4, -0.2) is 24.7 Å². The van der Waals surface area contributed by atoms with Crippen LogP contribution in [0.2, 0.25) is 0 Å². The Kier molecular flexibility index (Phi) is 3.22. The van der Waals surface area contributed by atoms with Crippen LogP contribution >= 0.6 is 0 Å². The number of carboxylic acids is 1. The van der Waals surface area contributed by atoms with Crippen LogP contribution in [0.5, 0.6) is 0 Å². The van der Waals surface area contributed by atoms with Gasteiger partial charge in [-0.25, -0.2) is 0 Å². The molecule has 4 heteroatoms. The molecule has 0 aromatic heterocycles. The Hall–Kier alpha value is -1.39. The zero-order chi connectivity index (χ0) is 11.5. The molecule has 1 aromatic rings. The van der Waals surface area contributed by atoms with E-state index in [1.165, 1.54) is 0 Å². The van der Waals surface area contributed by atoms with Gasteiger partial charge in [0.05, 0.1) is 6.61 Å². The van der Waals surface area contributed by atoms with Gasteiger partial charge >= 0.3 is 5.97 Å². The standard InChI is InChI=1S/C12H15NO3/c1-16-7-8-3-2-4-10-9(8)5-6-13-11(10)12(14)15/h2-4,11,13H,5-7H2,1H3,(H,14,15). The molecule has 1 aliphatic rings. The van der Waals surface area contributed by atoms with E-state index < -0.39 is 12.0 Å². The van der Waals surface area contributed by atoms with Gasteiger partial charge in [-0.2, -0.15) is 0 Å². The largest absolute Gasteiger partial charge is 0.480 e. The summed E-state index contributed by atoms with van der Waals surface area (Å²) in [5.41, 5.74) is 3.08. The van der Waals surface area contributed by atoms with Gasteiger partial charge in [0, 0.05) is 13.7 Å². The van der Waals surface area contributed by atoms with Crippen LogP contribution in [0.3, 0.4) is 0 Å². The maximum atomic E-state index is 11.1. The van der Waals surface area contributed by atoms with E-state index in [0.717, 1.165) is 23.1 Å². The minimum Gasteiger partial charge on any atom is -0.480 e. The Labute approximate surface area is 94.2 Å². The average Bonchev–Trinajstić information content (AvgIpc) is 2.29. The molecule has 1 aromatic carbocycles. The number of aliphatic carboxylic acids is 1. The van der Waals surface area contributed by atoms with E-state index in [4.69, 9.17) is 9.84 Å². The predicted octanol–water partition coefficient (Wildman–Crippen LogP) is 1.10. The number of rotatable bonds is 3. The number of nitrogens with one attached hydrogen (secondary N) is 1. The van der Waals surface area contributed by atoms with Crippen molar-refractivity contribution in [2.75, 3.05) is 13.7 Å². The molecule has 0 amide bonds. The van der Waals surface area contributed by atoms with Crippen molar-refractivity contribution in [1.29, 1.82) is 0 Å². The lowest BCUT2D eigenvalue weighted by Gasteiger charge is -2.25. The van der Waals surface area contributed by atoms with Crippen LogP contribution in [0.1, 0.15) is 22.7 Å². The van der Waals surface area contributed by atoms with Gasteiger partial charge in [0.15, 0.2) is 0 Å². The highest BCUT2D eigenvalue weighted by Gasteiger charge is 2.26. The molecule has 1 atom stereocenters. The van der Waals surface area contributed by atoms with Gasteiger partial charge in [-0.3, -0.25) is 4.79 Å². The number of carbonyl (C=O) groups is 1. The number of benzene rings is 1. The van der Waals surface area contributed by atoms with Crippen molar-refractivity contribution in [3.05, 3.63) is 34.9 Å². The van der Waals surface area contributed by atoms with Gasteiger partial charge in [-0.15, -0.1) is 0 Å². The second-order valence-electron chi connectivity index (χ2n) is 3.89. The summed E-state index contributed by atoms with van der Waals surface area (Å²) in [5.74, 6) is -0.824. The summed E-state index contributed by atoms with van der Waals surface area (Å²) >= 11 is 0. The number of hydrogen-bond donors (Lipinski definition) is 2. The Morgan fingerprint density at radius 3 is 3.12 bits per heavy atom. The lowest BCUT2D eigenvalue weighted by atomic mass is 9.90. The molecule has 1 unspecified atom stereocenters. The van der Waals surface area contributed by atoms with E-state index in [1.807, 2.05) is 18.2 Å². The first-order valence-corrected chi connectivity index (χ1v) is 5.30. The summed E-state index contributed by atoms with van der Waals surface area (Å²) < 4.78 is 5.12. The van der Waals surface area contributed by atoms with Crippen LogP contribution in [0.25, 0.3) is 0 Å². The van der Waals surface area contributed by atoms with Gasteiger partial charge in [0.25, 0.3) is 0 Å². The zero-order valence-corrected chi connectivity index (χ0v) is 9.19. The van der Waals surface area contributed by atoms with E-state index >= 15 is 0 Å². The fourth-order valence-electron chi connectivity index (χ4n) is 2.19. The molecular formula is C12H15NO3. The Balaban J connectivity index is 2.42. The highest BCUT2D eigenvalue weighted by atomic mass is 16.5. The second kappa shape index (κ2) is 4.63. The van der Waals surface area contributed by atoms with E-state index in [2.05, 4.69) is 5.32 Å². The van der Waals surface area contributed by atoms with Crippen LogP contribution in [0.15, 0.2) is 18.2 Å². The SMILES string of the molecule is COCc1cccc2c1CCNC2C(=O)O. The number of fused-ring (bicyclic) bond motifs is 1. The summed E-state index contributed by atoms with van der Waals surface area (Å²) in [6.07, 6.45) is 0.860. The third-order valence-corrected chi connectivity index (χ3v) is 2.89. The molecule has 0 bridgehead atoms. The highest BCUT2D eigenvalue weighted by molar-refractivity contribution is 5.76. The summed E-state index contributed by atoms with van der Waals surface area (Å²) in [6.45, 7) is 1.24. The van der Waals surface area contributed by atoms with Crippen molar-refractivity contribution in [1.82, 2.24) is 5.32 Å². The van der Waals surface area contributed by atoms with Gasteiger partial charge in [0.1, 0.15) is 6.04 Å². The molecule has 16 heavy (non-hydrogen) atoms. The van der Waals surface area contributed by atoms with Gasteiger partial charge in [-0.05, 0) is 23.1 Å². The summed E-state index contributed by atoms with van der Waals surface area (Å²) in [5, 5.41) is 12.1. The third-order valence-electron chi connectivity index (χ3n) is 2.89. The molecule has 0 aliphatic carbocycles. The van der Waals surface area contributed by atoms with Crippen molar-refractivity contribution in [2.45, 2.75) is 19.1 Å². The maximum Gasteiger partial charge on any atom is 0.325 e. The van der Waals surface area contributed by atoms with Gasteiger partial charge in [-0.1, -0.05) is 18.2 Å². The van der Waals surface area contributed by atoms with E-state index in [0.29, 0.717) is 13.2 Å². The molecule has 2 rings (SSSR count). The number of carboxylic acid groups (broad SMARTS) is 1. The minimum absolute atomic E-state index is 0.537. The van der Waals surface area contributed by atoms with Crippen molar-refractivity contribution < 1.29 is 14.6 Å². The first-order chi connectivity index (χ1) is 7.74. The first-order valence-electron chi connectivity index (χ1n) is 5.30. The predicted molar refractivity (Wildman–Crippen MR) is 59.2 cm³/mol. The van der Waals surface area contributed by atoms with Crippen molar-refractivity contribution in [3.8, 4) is 0 Å². The van der Waals surface area contributed by atoms with Crippen LogP contribution < -0.4 is 5.32 Å². The monoisotopic (exact) mass is 221 g/mol. The van der Waals surface area contributed by atoms with Crippen LogP contribution in [0, 0.1) is 0 Å². The molecular weight excluding hydrogens is 206 g/mol. The Bertz CT molecular complexity index is 403. The number of ether oxygens (including phenoxy) is 1. The third kappa shape index (κ3) is 1.94. The normalized spacial score (nSPS) is 19.2.